The number of carbonyl (C=O) groups is 3. The van der Waals surface area contributed by atoms with Crippen molar-refractivity contribution in [2.75, 3.05) is 12.4 Å². The molecule has 0 spiro atoms. The van der Waals surface area contributed by atoms with Crippen molar-refractivity contribution in [1.29, 1.82) is 0 Å². The van der Waals surface area contributed by atoms with Crippen molar-refractivity contribution in [3.63, 3.8) is 0 Å². The van der Waals surface area contributed by atoms with Crippen LogP contribution in [0.4, 0.5) is 11.5 Å². The molecule has 0 aliphatic carbocycles. The van der Waals surface area contributed by atoms with E-state index in [0.717, 1.165) is 16.8 Å². The van der Waals surface area contributed by atoms with E-state index in [9.17, 15) is 14.4 Å². The average Bonchev–Trinajstić information content (AvgIpc) is 3.16. The first-order valence-corrected chi connectivity index (χ1v) is 10.5. The summed E-state index contributed by atoms with van der Waals surface area (Å²) in [5.41, 5.74) is 2.86. The van der Waals surface area contributed by atoms with Crippen LogP contribution in [0.15, 0.2) is 54.7 Å². The summed E-state index contributed by atoms with van der Waals surface area (Å²) in [5, 5.41) is 5.61. The SMILES string of the molecule is COc1cccc(-c2nccc(Nc3cccc4c3CN(C3CCC(=O)NC3=O)C4=O)n2)c1. The third kappa shape index (κ3) is 3.89. The van der Waals surface area contributed by atoms with Crippen LogP contribution in [0, 0.1) is 0 Å². The van der Waals surface area contributed by atoms with Gasteiger partial charge in [0.2, 0.25) is 11.8 Å². The fourth-order valence-electron chi connectivity index (χ4n) is 4.17. The molecule has 0 radical (unpaired) electrons. The molecule has 3 amide bonds. The molecule has 1 atom stereocenters. The molecule has 9 nitrogen and oxygen atoms in total. The highest BCUT2D eigenvalue weighted by Crippen LogP contribution is 2.33. The molecule has 0 bridgehead atoms. The maximum Gasteiger partial charge on any atom is 0.255 e. The summed E-state index contributed by atoms with van der Waals surface area (Å²) in [6, 6.07) is 14.0. The zero-order chi connectivity index (χ0) is 22.9. The van der Waals surface area contributed by atoms with Crippen LogP contribution >= 0.6 is 0 Å². The Morgan fingerprint density at radius 2 is 1.97 bits per heavy atom. The molecular formula is C24H21N5O4. The minimum absolute atomic E-state index is 0.218. The highest BCUT2D eigenvalue weighted by molar-refractivity contribution is 6.06. The highest BCUT2D eigenvalue weighted by Gasteiger charge is 2.39. The molecule has 166 valence electrons. The number of methoxy groups -OCH3 is 1. The van der Waals surface area contributed by atoms with Crippen molar-refractivity contribution in [1.82, 2.24) is 20.2 Å². The molecule has 0 saturated carbocycles. The predicted molar refractivity (Wildman–Crippen MR) is 120 cm³/mol. The number of carbonyl (C=O) groups excluding carboxylic acids is 3. The Kier molecular flexibility index (Phi) is 5.21. The fourth-order valence-corrected chi connectivity index (χ4v) is 4.17. The topological polar surface area (TPSA) is 114 Å². The second kappa shape index (κ2) is 8.34. The zero-order valence-corrected chi connectivity index (χ0v) is 17.9. The van der Waals surface area contributed by atoms with E-state index >= 15 is 0 Å². The number of benzene rings is 2. The molecule has 1 aromatic heterocycles. The average molecular weight is 443 g/mol. The van der Waals surface area contributed by atoms with E-state index in [4.69, 9.17) is 4.74 Å². The minimum atomic E-state index is -0.658. The second-order valence-corrected chi connectivity index (χ2v) is 7.85. The Morgan fingerprint density at radius 1 is 1.12 bits per heavy atom. The molecule has 33 heavy (non-hydrogen) atoms. The van der Waals surface area contributed by atoms with Crippen molar-refractivity contribution in [2.45, 2.75) is 25.4 Å². The quantitative estimate of drug-likeness (QED) is 0.583. The van der Waals surface area contributed by atoms with Gasteiger partial charge in [0.25, 0.3) is 5.91 Å². The van der Waals surface area contributed by atoms with Gasteiger partial charge in [-0.3, -0.25) is 19.7 Å². The summed E-state index contributed by atoms with van der Waals surface area (Å²) >= 11 is 0. The first-order chi connectivity index (χ1) is 16.0. The first-order valence-electron chi connectivity index (χ1n) is 10.5. The van der Waals surface area contributed by atoms with Gasteiger partial charge in [-0.2, -0.15) is 0 Å². The Balaban J connectivity index is 1.41. The van der Waals surface area contributed by atoms with Gasteiger partial charge in [-0.1, -0.05) is 18.2 Å². The number of amides is 3. The molecule has 2 aliphatic heterocycles. The Morgan fingerprint density at radius 3 is 2.79 bits per heavy atom. The number of anilines is 2. The molecule has 1 unspecified atom stereocenters. The highest BCUT2D eigenvalue weighted by atomic mass is 16.5. The van der Waals surface area contributed by atoms with Gasteiger partial charge < -0.3 is 15.0 Å². The standard InChI is InChI=1S/C24H21N5O4/c1-33-15-5-2-4-14(12-15)22-25-11-10-20(27-22)26-18-7-3-6-16-17(18)13-29(24(16)32)19-8-9-21(30)28-23(19)31/h2-7,10-12,19H,8-9,13H2,1H3,(H,25,26,27)(H,28,30,31). The number of rotatable bonds is 5. The molecule has 1 fully saturated rings. The van der Waals surface area contributed by atoms with E-state index < -0.39 is 11.9 Å². The summed E-state index contributed by atoms with van der Waals surface area (Å²) in [6.45, 7) is 0.275. The Hall–Kier alpha value is -4.27. The van der Waals surface area contributed by atoms with Gasteiger partial charge >= 0.3 is 0 Å². The van der Waals surface area contributed by atoms with Gasteiger partial charge in [0.1, 0.15) is 17.6 Å². The largest absolute Gasteiger partial charge is 0.497 e. The molecule has 2 N–H and O–H groups in total. The monoisotopic (exact) mass is 443 g/mol. The first kappa shape index (κ1) is 20.6. The number of hydrogen-bond donors (Lipinski definition) is 2. The van der Waals surface area contributed by atoms with Gasteiger partial charge in [0, 0.05) is 41.5 Å². The van der Waals surface area contributed by atoms with Gasteiger partial charge in [-0.15, -0.1) is 0 Å². The minimum Gasteiger partial charge on any atom is -0.497 e. The number of aromatic nitrogens is 2. The van der Waals surface area contributed by atoms with Gasteiger partial charge in [0.05, 0.1) is 7.11 Å². The lowest BCUT2D eigenvalue weighted by Crippen LogP contribution is -2.52. The summed E-state index contributed by atoms with van der Waals surface area (Å²) in [4.78, 5) is 47.3. The number of hydrogen-bond acceptors (Lipinski definition) is 7. The van der Waals surface area contributed by atoms with Crippen LogP contribution in [0.25, 0.3) is 11.4 Å². The van der Waals surface area contributed by atoms with Crippen LogP contribution in [0.2, 0.25) is 0 Å². The fraction of sp³-hybridized carbons (Fsp3) is 0.208. The smallest absolute Gasteiger partial charge is 0.255 e. The molecule has 2 aromatic carbocycles. The van der Waals surface area contributed by atoms with Crippen LogP contribution in [0.3, 0.4) is 0 Å². The van der Waals surface area contributed by atoms with E-state index in [1.807, 2.05) is 30.3 Å². The number of fused-ring (bicyclic) bond motifs is 1. The van der Waals surface area contributed by atoms with Crippen LogP contribution in [0.1, 0.15) is 28.8 Å². The van der Waals surface area contributed by atoms with Crippen LogP contribution in [0.5, 0.6) is 5.75 Å². The van der Waals surface area contributed by atoms with Crippen LogP contribution in [-0.4, -0.2) is 45.7 Å². The number of piperidine rings is 1. The van der Waals surface area contributed by atoms with E-state index in [2.05, 4.69) is 20.6 Å². The second-order valence-electron chi connectivity index (χ2n) is 7.85. The summed E-state index contributed by atoms with van der Waals surface area (Å²) in [7, 11) is 1.60. The van der Waals surface area contributed by atoms with E-state index in [0.29, 0.717) is 29.4 Å². The van der Waals surface area contributed by atoms with Crippen molar-refractivity contribution in [3.8, 4) is 17.1 Å². The number of ether oxygens (including phenoxy) is 1. The number of nitrogens with zero attached hydrogens (tertiary/aromatic N) is 3. The van der Waals surface area contributed by atoms with Gasteiger partial charge in [0.15, 0.2) is 5.82 Å². The lowest BCUT2D eigenvalue weighted by atomic mass is 10.0. The van der Waals surface area contributed by atoms with Crippen LogP contribution < -0.4 is 15.4 Å². The maximum atomic E-state index is 13.0. The third-order valence-electron chi connectivity index (χ3n) is 5.83. The summed E-state index contributed by atoms with van der Waals surface area (Å²) in [6.07, 6.45) is 2.20. The van der Waals surface area contributed by atoms with E-state index in [-0.39, 0.29) is 24.8 Å². The van der Waals surface area contributed by atoms with E-state index in [1.54, 1.807) is 31.5 Å². The molecule has 1 saturated heterocycles. The predicted octanol–water partition coefficient (Wildman–Crippen LogP) is 2.66. The number of nitrogens with one attached hydrogen (secondary N) is 2. The summed E-state index contributed by atoms with van der Waals surface area (Å²) < 4.78 is 5.28. The molecule has 3 heterocycles. The van der Waals surface area contributed by atoms with Gasteiger partial charge in [-0.05, 0) is 36.8 Å². The van der Waals surface area contributed by atoms with Crippen molar-refractivity contribution in [2.24, 2.45) is 0 Å². The van der Waals surface area contributed by atoms with Crippen molar-refractivity contribution < 1.29 is 19.1 Å². The third-order valence-corrected chi connectivity index (χ3v) is 5.83. The molecule has 9 heteroatoms. The van der Waals surface area contributed by atoms with Gasteiger partial charge in [-0.25, -0.2) is 9.97 Å². The van der Waals surface area contributed by atoms with E-state index in [1.165, 1.54) is 4.90 Å². The Labute approximate surface area is 189 Å². The molecule has 2 aliphatic rings. The molecule has 3 aromatic rings. The lowest BCUT2D eigenvalue weighted by Gasteiger charge is -2.29. The maximum absolute atomic E-state index is 13.0. The number of imide groups is 1. The Bertz CT molecular complexity index is 1280. The summed E-state index contributed by atoms with van der Waals surface area (Å²) in [5.74, 6) is 0.861. The zero-order valence-electron chi connectivity index (χ0n) is 17.9. The molecule has 5 rings (SSSR count). The van der Waals surface area contributed by atoms with Crippen molar-refractivity contribution >= 4 is 29.2 Å². The molecular weight excluding hydrogens is 422 g/mol. The van der Waals surface area contributed by atoms with Crippen LogP contribution in [-0.2, 0) is 16.1 Å². The normalized spacial score (nSPS) is 17.5. The van der Waals surface area contributed by atoms with Crippen molar-refractivity contribution in [3.05, 3.63) is 65.9 Å². The lowest BCUT2D eigenvalue weighted by molar-refractivity contribution is -0.136.